The molecule has 8 heteroatoms. The summed E-state index contributed by atoms with van der Waals surface area (Å²) in [6.45, 7) is -0.0795. The van der Waals surface area contributed by atoms with E-state index < -0.39 is 40.9 Å². The third kappa shape index (κ3) is 3.72. The highest BCUT2D eigenvalue weighted by molar-refractivity contribution is 6.04. The fraction of sp³-hybridized carbons (Fsp3) is 0.333. The molecule has 0 aromatic heterocycles. The van der Waals surface area contributed by atoms with Gasteiger partial charge in [0.25, 0.3) is 5.91 Å². The molecule has 1 rings (SSSR count). The van der Waals surface area contributed by atoms with E-state index in [0.717, 1.165) is 0 Å². The minimum absolute atomic E-state index is 0.0795. The number of nitrogens with one attached hydrogen (secondary N) is 1. The second kappa shape index (κ2) is 6.92. The molecule has 0 fully saturated rings. The van der Waals surface area contributed by atoms with Gasteiger partial charge in [0, 0.05) is 14.2 Å². The summed E-state index contributed by atoms with van der Waals surface area (Å²) in [5, 5.41) is 11.2. The Hall–Kier alpha value is -2.06. The summed E-state index contributed by atoms with van der Waals surface area (Å²) in [5.74, 6) is -5.06. The Kier molecular flexibility index (Phi) is 5.53. The van der Waals surface area contributed by atoms with Gasteiger partial charge in [-0.2, -0.15) is 0 Å². The van der Waals surface area contributed by atoms with E-state index in [0.29, 0.717) is 12.1 Å². The number of ether oxygens (including phenoxy) is 2. The van der Waals surface area contributed by atoms with Crippen molar-refractivity contribution in [3.05, 3.63) is 34.9 Å². The van der Waals surface area contributed by atoms with Crippen LogP contribution in [-0.2, 0) is 9.47 Å². The standard InChI is InChI=1S/C12H13F2NO5/c1-19-10(20-2)5-15-11(16)6-3-8(13)9(14)4-7(6)12(17)18/h3-4,10H,5H2,1-2H3,(H,15,16)(H,17,18). The topological polar surface area (TPSA) is 84.9 Å². The SMILES string of the molecule is COC(CNC(=O)c1cc(F)c(F)cc1C(=O)O)OC. The van der Waals surface area contributed by atoms with E-state index in [-0.39, 0.29) is 6.54 Å². The summed E-state index contributed by atoms with van der Waals surface area (Å²) < 4.78 is 35.8. The first kappa shape index (κ1) is 16.0. The normalized spacial score (nSPS) is 10.7. The summed E-state index contributed by atoms with van der Waals surface area (Å²) >= 11 is 0. The molecule has 0 heterocycles. The van der Waals surface area contributed by atoms with Crippen LogP contribution in [0, 0.1) is 11.6 Å². The predicted octanol–water partition coefficient (Wildman–Crippen LogP) is 1.01. The lowest BCUT2D eigenvalue weighted by Gasteiger charge is -2.14. The van der Waals surface area contributed by atoms with Crippen molar-refractivity contribution in [3.63, 3.8) is 0 Å². The highest BCUT2D eigenvalue weighted by Gasteiger charge is 2.21. The molecule has 0 saturated carbocycles. The Morgan fingerprint density at radius 2 is 1.70 bits per heavy atom. The molecule has 20 heavy (non-hydrogen) atoms. The molecule has 0 aliphatic carbocycles. The van der Waals surface area contributed by atoms with Gasteiger partial charge in [-0.15, -0.1) is 0 Å². The van der Waals surface area contributed by atoms with Crippen molar-refractivity contribution in [2.75, 3.05) is 20.8 Å². The second-order valence-corrected chi connectivity index (χ2v) is 3.73. The van der Waals surface area contributed by atoms with Gasteiger partial charge in [0.05, 0.1) is 17.7 Å². The van der Waals surface area contributed by atoms with Crippen LogP contribution in [0.15, 0.2) is 12.1 Å². The Morgan fingerprint density at radius 1 is 1.20 bits per heavy atom. The molecule has 2 N–H and O–H groups in total. The molecule has 0 atom stereocenters. The van der Waals surface area contributed by atoms with Crippen molar-refractivity contribution in [2.45, 2.75) is 6.29 Å². The number of benzene rings is 1. The van der Waals surface area contributed by atoms with Crippen LogP contribution >= 0.6 is 0 Å². The molecular formula is C12H13F2NO5. The van der Waals surface area contributed by atoms with Crippen LogP contribution in [0.5, 0.6) is 0 Å². The third-order valence-electron chi connectivity index (χ3n) is 2.49. The second-order valence-electron chi connectivity index (χ2n) is 3.73. The number of rotatable bonds is 6. The molecule has 1 aromatic rings. The summed E-state index contributed by atoms with van der Waals surface area (Å²) in [5.41, 5.74) is -1.12. The van der Waals surface area contributed by atoms with Gasteiger partial charge in [-0.25, -0.2) is 13.6 Å². The summed E-state index contributed by atoms with van der Waals surface area (Å²) in [6, 6.07) is 0.986. The van der Waals surface area contributed by atoms with Crippen LogP contribution in [0.4, 0.5) is 8.78 Å². The molecule has 110 valence electrons. The highest BCUT2D eigenvalue weighted by Crippen LogP contribution is 2.15. The number of carboxylic acids is 1. The van der Waals surface area contributed by atoms with Gasteiger partial charge in [-0.05, 0) is 12.1 Å². The number of hydrogen-bond donors (Lipinski definition) is 2. The molecule has 0 bridgehead atoms. The zero-order valence-electron chi connectivity index (χ0n) is 10.8. The number of halogens is 2. The molecule has 1 amide bonds. The monoisotopic (exact) mass is 289 g/mol. The van der Waals surface area contributed by atoms with Crippen molar-refractivity contribution in [1.29, 1.82) is 0 Å². The van der Waals surface area contributed by atoms with Crippen LogP contribution in [0.3, 0.4) is 0 Å². The molecule has 0 saturated heterocycles. The largest absolute Gasteiger partial charge is 0.478 e. The number of methoxy groups -OCH3 is 2. The number of aromatic carboxylic acids is 1. The Bertz CT molecular complexity index is 517. The lowest BCUT2D eigenvalue weighted by atomic mass is 10.1. The number of hydrogen-bond acceptors (Lipinski definition) is 4. The zero-order chi connectivity index (χ0) is 15.3. The summed E-state index contributed by atoms with van der Waals surface area (Å²) in [7, 11) is 2.70. The third-order valence-corrected chi connectivity index (χ3v) is 2.49. The lowest BCUT2D eigenvalue weighted by Crippen LogP contribution is -2.35. The van der Waals surface area contributed by atoms with Crippen molar-refractivity contribution in [2.24, 2.45) is 0 Å². The van der Waals surface area contributed by atoms with Crippen molar-refractivity contribution >= 4 is 11.9 Å². The summed E-state index contributed by atoms with van der Waals surface area (Å²) in [6.07, 6.45) is -0.738. The van der Waals surface area contributed by atoms with Crippen LogP contribution in [0.2, 0.25) is 0 Å². The molecule has 0 aliphatic rings. The summed E-state index contributed by atoms with van der Waals surface area (Å²) in [4.78, 5) is 22.7. The van der Waals surface area contributed by atoms with Crippen LogP contribution in [0.25, 0.3) is 0 Å². The van der Waals surface area contributed by atoms with Crippen molar-refractivity contribution in [1.82, 2.24) is 5.32 Å². The van der Waals surface area contributed by atoms with Gasteiger partial charge in [-0.1, -0.05) is 0 Å². The first-order valence-corrected chi connectivity index (χ1v) is 5.46. The lowest BCUT2D eigenvalue weighted by molar-refractivity contribution is -0.0974. The van der Waals surface area contributed by atoms with Crippen LogP contribution in [0.1, 0.15) is 20.7 Å². The van der Waals surface area contributed by atoms with E-state index in [1.807, 2.05) is 0 Å². The van der Waals surface area contributed by atoms with E-state index in [1.165, 1.54) is 14.2 Å². The van der Waals surface area contributed by atoms with Gasteiger partial charge in [0.2, 0.25) is 0 Å². The molecule has 0 spiro atoms. The highest BCUT2D eigenvalue weighted by atomic mass is 19.2. The van der Waals surface area contributed by atoms with Gasteiger partial charge in [-0.3, -0.25) is 4.79 Å². The molecule has 1 aromatic carbocycles. The minimum Gasteiger partial charge on any atom is -0.478 e. The number of carbonyl (C=O) groups excluding carboxylic acids is 1. The van der Waals surface area contributed by atoms with Crippen LogP contribution in [-0.4, -0.2) is 44.0 Å². The quantitative estimate of drug-likeness (QED) is 0.763. The van der Waals surface area contributed by atoms with Crippen molar-refractivity contribution in [3.8, 4) is 0 Å². The zero-order valence-corrected chi connectivity index (χ0v) is 10.8. The molecule has 0 aliphatic heterocycles. The molecular weight excluding hydrogens is 276 g/mol. The average molecular weight is 289 g/mol. The van der Waals surface area contributed by atoms with Gasteiger partial charge in [0.15, 0.2) is 17.9 Å². The van der Waals surface area contributed by atoms with E-state index >= 15 is 0 Å². The predicted molar refractivity (Wildman–Crippen MR) is 63.5 cm³/mol. The maximum absolute atomic E-state index is 13.1. The van der Waals surface area contributed by atoms with E-state index in [1.54, 1.807) is 0 Å². The smallest absolute Gasteiger partial charge is 0.336 e. The van der Waals surface area contributed by atoms with E-state index in [2.05, 4.69) is 5.32 Å². The maximum Gasteiger partial charge on any atom is 0.336 e. The maximum atomic E-state index is 13.1. The van der Waals surface area contributed by atoms with Gasteiger partial charge < -0.3 is 19.9 Å². The molecule has 0 unspecified atom stereocenters. The van der Waals surface area contributed by atoms with E-state index in [4.69, 9.17) is 14.6 Å². The fourth-order valence-electron chi connectivity index (χ4n) is 1.45. The first-order chi connectivity index (χ1) is 9.40. The van der Waals surface area contributed by atoms with E-state index in [9.17, 15) is 18.4 Å². The van der Waals surface area contributed by atoms with Crippen LogP contribution < -0.4 is 5.32 Å². The Labute approximate surface area is 113 Å². The first-order valence-electron chi connectivity index (χ1n) is 5.46. The number of carbonyl (C=O) groups is 2. The fourth-order valence-corrected chi connectivity index (χ4v) is 1.45. The molecule has 6 nitrogen and oxygen atoms in total. The average Bonchev–Trinajstić information content (AvgIpc) is 2.41. The van der Waals surface area contributed by atoms with Gasteiger partial charge >= 0.3 is 5.97 Å². The Balaban J connectivity index is 2.97. The van der Waals surface area contributed by atoms with Crippen molar-refractivity contribution < 1.29 is 33.0 Å². The molecule has 0 radical (unpaired) electrons. The van der Waals surface area contributed by atoms with Gasteiger partial charge in [0.1, 0.15) is 0 Å². The number of carboxylic acid groups (broad SMARTS) is 1. The minimum atomic E-state index is -1.54. The Morgan fingerprint density at radius 3 is 2.15 bits per heavy atom. The number of amides is 1.